The molecule has 0 unspecified atom stereocenters. The van der Waals surface area contributed by atoms with Crippen LogP contribution in [0, 0.1) is 5.92 Å². The lowest BCUT2D eigenvalue weighted by Crippen LogP contribution is -2.48. The van der Waals surface area contributed by atoms with Gasteiger partial charge in [-0.3, -0.25) is 9.59 Å². The van der Waals surface area contributed by atoms with Crippen molar-refractivity contribution in [3.8, 4) is 11.5 Å². The van der Waals surface area contributed by atoms with Gasteiger partial charge in [0.05, 0.1) is 14.2 Å². The number of carbonyl (C=O) groups is 2. The number of carbonyl (C=O) groups excluding carboxylic acids is 2. The maximum atomic E-state index is 12.7. The van der Waals surface area contributed by atoms with E-state index in [-0.39, 0.29) is 17.9 Å². The number of likely N-dealkylation sites (tertiary alicyclic amines) is 1. The van der Waals surface area contributed by atoms with Crippen molar-refractivity contribution in [2.24, 2.45) is 5.92 Å². The Morgan fingerprint density at radius 1 is 0.966 bits per heavy atom. The van der Waals surface area contributed by atoms with Gasteiger partial charge in [-0.05, 0) is 49.8 Å². The molecule has 29 heavy (non-hydrogen) atoms. The van der Waals surface area contributed by atoms with Crippen molar-refractivity contribution in [3.63, 3.8) is 0 Å². The van der Waals surface area contributed by atoms with Crippen molar-refractivity contribution in [1.82, 2.24) is 10.2 Å². The molecule has 3 rings (SSSR count). The maximum absolute atomic E-state index is 12.7. The molecule has 1 heterocycles. The molecule has 2 amide bonds. The van der Waals surface area contributed by atoms with Gasteiger partial charge in [-0.25, -0.2) is 0 Å². The standard InChI is InChI=1S/C23H34N2O4/c1-28-20-14-17(15-21(16-20)29-2)8-9-22(26)24-19-10-12-25(13-11-19)23(27)18-6-4-3-5-7-18/h14-16,18-19H,3-13H2,1-2H3,(H,24,26). The van der Waals surface area contributed by atoms with Crippen molar-refractivity contribution < 1.29 is 19.1 Å². The summed E-state index contributed by atoms with van der Waals surface area (Å²) in [6.07, 6.45) is 8.48. The average Bonchev–Trinajstić information content (AvgIpc) is 2.78. The minimum atomic E-state index is 0.0591. The van der Waals surface area contributed by atoms with Gasteiger partial charge in [0.2, 0.25) is 11.8 Å². The SMILES string of the molecule is COc1cc(CCC(=O)NC2CCN(C(=O)C3CCCCC3)CC2)cc(OC)c1. The summed E-state index contributed by atoms with van der Waals surface area (Å²) in [5.41, 5.74) is 1.02. The molecule has 1 saturated carbocycles. The highest BCUT2D eigenvalue weighted by Gasteiger charge is 2.29. The molecule has 1 N–H and O–H groups in total. The topological polar surface area (TPSA) is 67.9 Å². The highest BCUT2D eigenvalue weighted by molar-refractivity contribution is 5.79. The number of amides is 2. The molecule has 1 saturated heterocycles. The summed E-state index contributed by atoms with van der Waals surface area (Å²) in [6, 6.07) is 5.86. The fourth-order valence-electron chi connectivity index (χ4n) is 4.42. The van der Waals surface area contributed by atoms with Crippen LogP contribution < -0.4 is 14.8 Å². The zero-order valence-corrected chi connectivity index (χ0v) is 17.7. The summed E-state index contributed by atoms with van der Waals surface area (Å²) in [5, 5.41) is 3.15. The van der Waals surface area contributed by atoms with E-state index in [0.29, 0.717) is 18.7 Å². The minimum Gasteiger partial charge on any atom is -0.497 e. The van der Waals surface area contributed by atoms with Gasteiger partial charge >= 0.3 is 0 Å². The van der Waals surface area contributed by atoms with Gasteiger partial charge in [-0.15, -0.1) is 0 Å². The van der Waals surface area contributed by atoms with Crippen molar-refractivity contribution in [3.05, 3.63) is 23.8 Å². The van der Waals surface area contributed by atoms with E-state index in [1.165, 1.54) is 19.3 Å². The van der Waals surface area contributed by atoms with E-state index in [2.05, 4.69) is 5.32 Å². The Kier molecular flexibility index (Phi) is 7.78. The molecule has 0 atom stereocenters. The number of nitrogens with one attached hydrogen (secondary N) is 1. The molecule has 1 aromatic carbocycles. The first-order valence-electron chi connectivity index (χ1n) is 10.9. The molecule has 2 fully saturated rings. The van der Waals surface area contributed by atoms with Crippen LogP contribution in [0.1, 0.15) is 56.9 Å². The Balaban J connectivity index is 1.41. The van der Waals surface area contributed by atoms with Gasteiger partial charge in [0.1, 0.15) is 11.5 Å². The first kappa shape index (κ1) is 21.5. The first-order valence-corrected chi connectivity index (χ1v) is 10.9. The van der Waals surface area contributed by atoms with Crippen LogP contribution in [0.5, 0.6) is 11.5 Å². The lowest BCUT2D eigenvalue weighted by molar-refractivity contribution is -0.137. The molecular weight excluding hydrogens is 368 g/mol. The van der Waals surface area contributed by atoms with Crippen molar-refractivity contribution >= 4 is 11.8 Å². The number of aryl methyl sites for hydroxylation is 1. The van der Waals surface area contributed by atoms with E-state index in [0.717, 1.165) is 55.8 Å². The second kappa shape index (κ2) is 10.5. The third-order valence-electron chi connectivity index (χ3n) is 6.18. The predicted molar refractivity (Wildman–Crippen MR) is 112 cm³/mol. The zero-order valence-electron chi connectivity index (χ0n) is 17.7. The molecular formula is C23H34N2O4. The summed E-state index contributed by atoms with van der Waals surface area (Å²) in [4.78, 5) is 27.1. The van der Waals surface area contributed by atoms with E-state index in [1.54, 1.807) is 14.2 Å². The molecule has 2 aliphatic rings. The normalized spacial score (nSPS) is 18.3. The molecule has 0 spiro atoms. The van der Waals surface area contributed by atoms with Crippen molar-refractivity contribution in [2.45, 2.75) is 63.8 Å². The molecule has 0 radical (unpaired) electrons. The van der Waals surface area contributed by atoms with Crippen LogP contribution in [-0.4, -0.2) is 50.1 Å². The first-order chi connectivity index (χ1) is 14.1. The summed E-state index contributed by atoms with van der Waals surface area (Å²) in [5.74, 6) is 2.09. The Labute approximate surface area is 173 Å². The summed E-state index contributed by atoms with van der Waals surface area (Å²) in [6.45, 7) is 1.51. The number of benzene rings is 1. The lowest BCUT2D eigenvalue weighted by atomic mass is 9.87. The van der Waals surface area contributed by atoms with Crippen LogP contribution in [0.25, 0.3) is 0 Å². The van der Waals surface area contributed by atoms with Crippen LogP contribution >= 0.6 is 0 Å². The van der Waals surface area contributed by atoms with Gasteiger partial charge in [0, 0.05) is 37.5 Å². The zero-order chi connectivity index (χ0) is 20.6. The second-order valence-corrected chi connectivity index (χ2v) is 8.22. The fraction of sp³-hybridized carbons (Fsp3) is 0.652. The van der Waals surface area contributed by atoms with E-state index in [9.17, 15) is 9.59 Å². The predicted octanol–water partition coefficient (Wildman–Crippen LogP) is 3.32. The molecule has 1 aliphatic heterocycles. The molecule has 1 aliphatic carbocycles. The molecule has 0 bridgehead atoms. The van der Waals surface area contributed by atoms with Gasteiger partial charge in [0.25, 0.3) is 0 Å². The van der Waals surface area contributed by atoms with Crippen LogP contribution in [0.15, 0.2) is 18.2 Å². The van der Waals surface area contributed by atoms with Gasteiger partial charge in [-0.1, -0.05) is 19.3 Å². The highest BCUT2D eigenvalue weighted by Crippen LogP contribution is 2.27. The molecule has 0 aromatic heterocycles. The van der Waals surface area contributed by atoms with Gasteiger partial charge < -0.3 is 19.7 Å². The largest absolute Gasteiger partial charge is 0.497 e. The Morgan fingerprint density at radius 2 is 1.59 bits per heavy atom. The molecule has 1 aromatic rings. The van der Waals surface area contributed by atoms with Gasteiger partial charge in [-0.2, -0.15) is 0 Å². The smallest absolute Gasteiger partial charge is 0.225 e. The number of piperidine rings is 1. The Morgan fingerprint density at radius 3 is 2.17 bits per heavy atom. The number of hydrogen-bond donors (Lipinski definition) is 1. The summed E-state index contributed by atoms with van der Waals surface area (Å²) < 4.78 is 10.6. The van der Waals surface area contributed by atoms with Crippen LogP contribution in [0.4, 0.5) is 0 Å². The number of nitrogens with zero attached hydrogens (tertiary/aromatic N) is 1. The quantitative estimate of drug-likeness (QED) is 0.760. The number of methoxy groups -OCH3 is 2. The lowest BCUT2D eigenvalue weighted by Gasteiger charge is -2.35. The van der Waals surface area contributed by atoms with Crippen LogP contribution in [-0.2, 0) is 16.0 Å². The van der Waals surface area contributed by atoms with E-state index >= 15 is 0 Å². The number of ether oxygens (including phenoxy) is 2. The Bertz CT molecular complexity index is 670. The minimum absolute atomic E-state index is 0.0591. The van der Waals surface area contributed by atoms with Crippen LogP contribution in [0.2, 0.25) is 0 Å². The molecule has 160 valence electrons. The summed E-state index contributed by atoms with van der Waals surface area (Å²) >= 11 is 0. The highest BCUT2D eigenvalue weighted by atomic mass is 16.5. The van der Waals surface area contributed by atoms with E-state index < -0.39 is 0 Å². The molecule has 6 nitrogen and oxygen atoms in total. The van der Waals surface area contributed by atoms with Gasteiger partial charge in [0.15, 0.2) is 0 Å². The molecule has 6 heteroatoms. The number of rotatable bonds is 7. The maximum Gasteiger partial charge on any atom is 0.225 e. The Hall–Kier alpha value is -2.24. The van der Waals surface area contributed by atoms with E-state index in [1.807, 2.05) is 23.1 Å². The third kappa shape index (κ3) is 6.12. The monoisotopic (exact) mass is 402 g/mol. The van der Waals surface area contributed by atoms with Crippen molar-refractivity contribution in [1.29, 1.82) is 0 Å². The third-order valence-corrected chi connectivity index (χ3v) is 6.18. The number of hydrogen-bond acceptors (Lipinski definition) is 4. The van der Waals surface area contributed by atoms with E-state index in [4.69, 9.17) is 9.47 Å². The average molecular weight is 403 g/mol. The van der Waals surface area contributed by atoms with Crippen LogP contribution in [0.3, 0.4) is 0 Å². The summed E-state index contributed by atoms with van der Waals surface area (Å²) in [7, 11) is 3.24. The second-order valence-electron chi connectivity index (χ2n) is 8.22. The van der Waals surface area contributed by atoms with Crippen molar-refractivity contribution in [2.75, 3.05) is 27.3 Å². The fourth-order valence-corrected chi connectivity index (χ4v) is 4.42.